The van der Waals surface area contributed by atoms with Crippen molar-refractivity contribution in [3.63, 3.8) is 0 Å². The molecule has 0 saturated carbocycles. The summed E-state index contributed by atoms with van der Waals surface area (Å²) in [5, 5.41) is 5.13. The molecule has 2 aromatic heterocycles. The lowest BCUT2D eigenvalue weighted by molar-refractivity contribution is -0.119. The Bertz CT molecular complexity index is 959. The zero-order chi connectivity index (χ0) is 21.6. The van der Waals surface area contributed by atoms with Crippen molar-refractivity contribution < 1.29 is 28.7 Å². The van der Waals surface area contributed by atoms with Crippen LogP contribution in [-0.4, -0.2) is 49.0 Å². The molecule has 9 nitrogen and oxygen atoms in total. The summed E-state index contributed by atoms with van der Waals surface area (Å²) in [5.74, 6) is -2.46. The van der Waals surface area contributed by atoms with Gasteiger partial charge >= 0.3 is 11.9 Å². The second kappa shape index (κ2) is 10.1. The van der Waals surface area contributed by atoms with Gasteiger partial charge in [0.25, 0.3) is 11.8 Å². The number of hydrogen-bond acceptors (Lipinski definition) is 8. The number of anilines is 1. The number of rotatable bonds is 7. The molecule has 154 valence electrons. The molecule has 2 amide bonds. The number of esters is 2. The summed E-state index contributed by atoms with van der Waals surface area (Å²) in [6.07, 6.45) is 2.81. The summed E-state index contributed by atoms with van der Waals surface area (Å²) < 4.78 is 10.6. The smallest absolute Gasteiger partial charge is 0.341 e. The molecule has 29 heavy (non-hydrogen) atoms. The van der Waals surface area contributed by atoms with Crippen LogP contribution in [0.5, 0.6) is 0 Å². The van der Waals surface area contributed by atoms with Crippen LogP contribution >= 0.6 is 27.3 Å². The van der Waals surface area contributed by atoms with Gasteiger partial charge in [0.1, 0.15) is 5.00 Å². The maximum Gasteiger partial charge on any atom is 0.341 e. The molecule has 2 heterocycles. The first kappa shape index (κ1) is 22.5. The molecule has 2 rings (SSSR count). The second-order valence-electron chi connectivity index (χ2n) is 5.58. The molecule has 11 heteroatoms. The van der Waals surface area contributed by atoms with Crippen molar-refractivity contribution in [1.82, 2.24) is 10.3 Å². The van der Waals surface area contributed by atoms with E-state index in [9.17, 15) is 19.2 Å². The maximum atomic E-state index is 12.3. The fourth-order valence-corrected chi connectivity index (χ4v) is 3.80. The number of hydrogen-bond donors (Lipinski definition) is 2. The summed E-state index contributed by atoms with van der Waals surface area (Å²) in [4.78, 5) is 52.7. The Labute approximate surface area is 178 Å². The molecule has 0 aromatic carbocycles. The Morgan fingerprint density at radius 3 is 2.52 bits per heavy atom. The van der Waals surface area contributed by atoms with Gasteiger partial charge in [-0.25, -0.2) is 9.59 Å². The lowest BCUT2D eigenvalue weighted by Crippen LogP contribution is -2.22. The molecule has 0 fully saturated rings. The van der Waals surface area contributed by atoms with Gasteiger partial charge in [0.15, 0.2) is 6.61 Å². The van der Waals surface area contributed by atoms with Gasteiger partial charge in [-0.3, -0.25) is 14.6 Å². The summed E-state index contributed by atoms with van der Waals surface area (Å²) in [5.41, 5.74) is 0.653. The Morgan fingerprint density at radius 2 is 1.90 bits per heavy atom. The van der Waals surface area contributed by atoms with Crippen LogP contribution in [0.25, 0.3) is 0 Å². The van der Waals surface area contributed by atoms with Gasteiger partial charge in [0, 0.05) is 23.9 Å². The lowest BCUT2D eigenvalue weighted by Gasteiger charge is -2.08. The van der Waals surface area contributed by atoms with E-state index in [1.165, 1.54) is 25.5 Å². The van der Waals surface area contributed by atoms with Crippen molar-refractivity contribution in [2.24, 2.45) is 0 Å². The molecule has 0 saturated heterocycles. The van der Waals surface area contributed by atoms with Gasteiger partial charge in [-0.05, 0) is 41.4 Å². The van der Waals surface area contributed by atoms with Gasteiger partial charge in [-0.1, -0.05) is 0 Å². The molecule has 2 N–H and O–H groups in total. The zero-order valence-corrected chi connectivity index (χ0v) is 18.2. The number of pyridine rings is 1. The van der Waals surface area contributed by atoms with Crippen molar-refractivity contribution in [2.45, 2.75) is 13.8 Å². The number of thiophene rings is 1. The van der Waals surface area contributed by atoms with E-state index in [1.54, 1.807) is 13.8 Å². The first-order valence-corrected chi connectivity index (χ1v) is 9.99. The summed E-state index contributed by atoms with van der Waals surface area (Å²) in [6, 6.07) is 1.50. The third kappa shape index (κ3) is 5.61. The highest BCUT2D eigenvalue weighted by Crippen LogP contribution is 2.33. The molecule has 0 bridgehead atoms. The first-order valence-electron chi connectivity index (χ1n) is 8.38. The minimum absolute atomic E-state index is 0.0892. The average molecular weight is 484 g/mol. The molecule has 0 spiro atoms. The van der Waals surface area contributed by atoms with Crippen LogP contribution in [0.4, 0.5) is 5.00 Å². The Kier molecular flexibility index (Phi) is 7.85. The summed E-state index contributed by atoms with van der Waals surface area (Å²) in [6.45, 7) is 2.78. The third-order valence-electron chi connectivity index (χ3n) is 3.59. The van der Waals surface area contributed by atoms with Crippen molar-refractivity contribution in [2.75, 3.05) is 25.6 Å². The van der Waals surface area contributed by atoms with Crippen molar-refractivity contribution in [3.05, 3.63) is 44.5 Å². The van der Waals surface area contributed by atoms with E-state index >= 15 is 0 Å². The van der Waals surface area contributed by atoms with Crippen LogP contribution in [-0.2, 0) is 14.3 Å². The Balaban J connectivity index is 2.15. The van der Waals surface area contributed by atoms with Crippen LogP contribution in [0.15, 0.2) is 22.9 Å². The lowest BCUT2D eigenvalue weighted by atomic mass is 10.1. The second-order valence-corrected chi connectivity index (χ2v) is 7.51. The van der Waals surface area contributed by atoms with Crippen molar-refractivity contribution in [3.8, 4) is 0 Å². The summed E-state index contributed by atoms with van der Waals surface area (Å²) >= 11 is 4.12. The van der Waals surface area contributed by atoms with E-state index in [0.717, 1.165) is 11.3 Å². The predicted octanol–water partition coefficient (Wildman–Crippen LogP) is 2.55. The SMILES string of the molecule is CCOC(=O)c1c(NC(=O)COC(=O)c2cncc(Br)c2)sc(C(=O)NC)c1C. The van der Waals surface area contributed by atoms with Gasteiger partial charge in [-0.15, -0.1) is 11.3 Å². The standard InChI is InChI=1S/C18H18BrN3O6S/c1-4-27-18(26)13-9(2)14(15(24)20-3)29-16(13)22-12(23)8-28-17(25)10-5-11(19)7-21-6-10/h5-7H,4,8H2,1-3H3,(H,20,24)(H,22,23). The molecule has 0 aliphatic carbocycles. The minimum Gasteiger partial charge on any atom is -0.462 e. The van der Waals surface area contributed by atoms with E-state index in [4.69, 9.17) is 9.47 Å². The number of nitrogens with zero attached hydrogens (tertiary/aromatic N) is 1. The van der Waals surface area contributed by atoms with Crippen LogP contribution < -0.4 is 10.6 Å². The number of halogens is 1. The molecular formula is C18H18BrN3O6S. The zero-order valence-electron chi connectivity index (χ0n) is 15.8. The number of amides is 2. The summed E-state index contributed by atoms with van der Waals surface area (Å²) in [7, 11) is 1.46. The number of carbonyl (C=O) groups excluding carboxylic acids is 4. The highest BCUT2D eigenvalue weighted by atomic mass is 79.9. The van der Waals surface area contributed by atoms with E-state index in [1.807, 2.05) is 0 Å². The fraction of sp³-hybridized carbons (Fsp3) is 0.278. The first-order chi connectivity index (χ1) is 13.8. The minimum atomic E-state index is -0.729. The Hall–Kier alpha value is -2.79. The topological polar surface area (TPSA) is 124 Å². The molecule has 0 unspecified atom stereocenters. The van der Waals surface area contributed by atoms with E-state index in [2.05, 4.69) is 31.5 Å². The largest absolute Gasteiger partial charge is 0.462 e. The van der Waals surface area contributed by atoms with Crippen LogP contribution in [0.2, 0.25) is 0 Å². The number of ether oxygens (including phenoxy) is 2. The quantitative estimate of drug-likeness (QED) is 0.579. The monoisotopic (exact) mass is 483 g/mol. The number of aromatic nitrogens is 1. The molecule has 0 radical (unpaired) electrons. The highest BCUT2D eigenvalue weighted by Gasteiger charge is 2.26. The van der Waals surface area contributed by atoms with Gasteiger partial charge in [0.2, 0.25) is 0 Å². The van der Waals surface area contributed by atoms with Crippen molar-refractivity contribution in [1.29, 1.82) is 0 Å². The number of nitrogens with one attached hydrogen (secondary N) is 2. The van der Waals surface area contributed by atoms with Crippen LogP contribution in [0, 0.1) is 6.92 Å². The van der Waals surface area contributed by atoms with E-state index in [-0.39, 0.29) is 27.6 Å². The van der Waals surface area contributed by atoms with Gasteiger partial charge in [0.05, 0.1) is 22.6 Å². The van der Waals surface area contributed by atoms with Crippen molar-refractivity contribution >= 4 is 56.0 Å². The van der Waals surface area contributed by atoms with E-state index < -0.39 is 30.4 Å². The molecule has 2 aromatic rings. The molecular weight excluding hydrogens is 466 g/mol. The molecule has 0 atom stereocenters. The highest BCUT2D eigenvalue weighted by molar-refractivity contribution is 9.10. The average Bonchev–Trinajstić information content (AvgIpc) is 3.01. The number of carbonyl (C=O) groups is 4. The fourth-order valence-electron chi connectivity index (χ4n) is 2.28. The maximum absolute atomic E-state index is 12.3. The Morgan fingerprint density at radius 1 is 1.17 bits per heavy atom. The predicted molar refractivity (Wildman–Crippen MR) is 109 cm³/mol. The van der Waals surface area contributed by atoms with Crippen LogP contribution in [0.3, 0.4) is 0 Å². The van der Waals surface area contributed by atoms with Gasteiger partial charge < -0.3 is 20.1 Å². The third-order valence-corrected chi connectivity index (χ3v) is 5.23. The molecule has 0 aliphatic rings. The van der Waals surface area contributed by atoms with Crippen LogP contribution in [0.1, 0.15) is 42.9 Å². The molecule has 0 aliphatic heterocycles. The van der Waals surface area contributed by atoms with Gasteiger partial charge in [-0.2, -0.15) is 0 Å². The normalized spacial score (nSPS) is 10.2. The van der Waals surface area contributed by atoms with E-state index in [0.29, 0.717) is 10.0 Å².